The first-order valence-corrected chi connectivity index (χ1v) is 8.83. The lowest BCUT2D eigenvalue weighted by Crippen LogP contribution is -2.36. The van der Waals surface area contributed by atoms with Crippen LogP contribution in [-0.2, 0) is 14.8 Å². The highest BCUT2D eigenvalue weighted by Gasteiger charge is 2.31. The number of thiazole rings is 1. The summed E-state index contributed by atoms with van der Waals surface area (Å²) in [5.74, 6) is 0. The Balaban J connectivity index is 2.30. The molecular weight excluding hydrogens is 308 g/mol. The summed E-state index contributed by atoms with van der Waals surface area (Å²) < 4.78 is 32.8. The van der Waals surface area contributed by atoms with Crippen molar-refractivity contribution in [2.24, 2.45) is 0 Å². The molecule has 0 aromatic carbocycles. The van der Waals surface area contributed by atoms with Crippen molar-refractivity contribution in [1.29, 1.82) is 0 Å². The first-order chi connectivity index (χ1) is 8.95. The molecule has 0 saturated carbocycles. The molecule has 1 atom stereocenters. The van der Waals surface area contributed by atoms with Crippen molar-refractivity contribution in [3.8, 4) is 0 Å². The Kier molecular flexibility index (Phi) is 4.84. The van der Waals surface area contributed by atoms with Gasteiger partial charge in [-0.05, 0) is 19.8 Å². The Bertz CT molecular complexity index is 544. The molecule has 108 valence electrons. The molecule has 1 unspecified atom stereocenters. The summed E-state index contributed by atoms with van der Waals surface area (Å²) in [6.07, 6.45) is 1.47. The van der Waals surface area contributed by atoms with Crippen LogP contribution < -0.4 is 0 Å². The van der Waals surface area contributed by atoms with Crippen LogP contribution in [0, 0.1) is 6.92 Å². The second-order valence-corrected chi connectivity index (χ2v) is 8.17. The maximum Gasteiger partial charge on any atom is 0.254 e. The number of hydrogen-bond donors (Lipinski definition) is 0. The molecule has 0 bridgehead atoms. The molecule has 8 heteroatoms. The van der Waals surface area contributed by atoms with Crippen LogP contribution in [0.25, 0.3) is 0 Å². The Labute approximate surface area is 122 Å². The smallest absolute Gasteiger partial charge is 0.254 e. The predicted octanol–water partition coefficient (Wildman–Crippen LogP) is 2.29. The van der Waals surface area contributed by atoms with Crippen LogP contribution in [0.2, 0.25) is 4.47 Å². The van der Waals surface area contributed by atoms with E-state index in [9.17, 15) is 8.42 Å². The quantitative estimate of drug-likeness (QED) is 0.856. The van der Waals surface area contributed by atoms with Crippen LogP contribution in [0.1, 0.15) is 25.5 Å². The molecule has 0 radical (unpaired) electrons. The van der Waals surface area contributed by atoms with Gasteiger partial charge in [0.15, 0.2) is 8.68 Å². The molecule has 0 aliphatic carbocycles. The number of halogens is 1. The highest BCUT2D eigenvalue weighted by atomic mass is 35.5. The van der Waals surface area contributed by atoms with Crippen molar-refractivity contribution in [3.63, 3.8) is 0 Å². The lowest BCUT2D eigenvalue weighted by Gasteiger charge is -2.22. The number of aromatic nitrogens is 1. The van der Waals surface area contributed by atoms with Crippen molar-refractivity contribution in [1.82, 2.24) is 9.29 Å². The van der Waals surface area contributed by atoms with Gasteiger partial charge in [0.1, 0.15) is 0 Å². The average Bonchev–Trinajstić information content (AvgIpc) is 2.59. The maximum absolute atomic E-state index is 12.6. The van der Waals surface area contributed by atoms with Crippen molar-refractivity contribution < 1.29 is 13.2 Å². The lowest BCUT2D eigenvalue weighted by molar-refractivity contribution is 0.0593. The molecule has 1 aromatic rings. The number of ether oxygens (including phenoxy) is 1. The highest BCUT2D eigenvalue weighted by molar-refractivity contribution is 7.91. The molecule has 19 heavy (non-hydrogen) atoms. The zero-order valence-corrected chi connectivity index (χ0v) is 13.3. The average molecular weight is 325 g/mol. The van der Waals surface area contributed by atoms with Crippen LogP contribution >= 0.6 is 22.9 Å². The van der Waals surface area contributed by atoms with Crippen molar-refractivity contribution in [2.75, 3.05) is 19.7 Å². The standard InChI is InChI=1S/C11H17ClN2O3S2/c1-3-9-7-14(5-4-6-17-9)19(15,16)10-8(2)13-11(12)18-10/h9H,3-7H2,1-2H3. The Hall–Kier alpha value is -0.210. The highest BCUT2D eigenvalue weighted by Crippen LogP contribution is 2.30. The molecule has 2 heterocycles. The summed E-state index contributed by atoms with van der Waals surface area (Å²) in [4.78, 5) is 3.98. The number of rotatable bonds is 3. The van der Waals surface area contributed by atoms with E-state index in [0.29, 0.717) is 31.8 Å². The van der Waals surface area contributed by atoms with Gasteiger partial charge < -0.3 is 4.74 Å². The molecule has 1 aliphatic heterocycles. The summed E-state index contributed by atoms with van der Waals surface area (Å²) in [7, 11) is -3.51. The van der Waals surface area contributed by atoms with Gasteiger partial charge >= 0.3 is 0 Å². The van der Waals surface area contributed by atoms with E-state index in [2.05, 4.69) is 4.98 Å². The van der Waals surface area contributed by atoms with Crippen molar-refractivity contribution in [2.45, 2.75) is 37.0 Å². The summed E-state index contributed by atoms with van der Waals surface area (Å²) in [5.41, 5.74) is 0.466. The summed E-state index contributed by atoms with van der Waals surface area (Å²) in [6, 6.07) is 0. The second kappa shape index (κ2) is 6.05. The van der Waals surface area contributed by atoms with Crippen LogP contribution in [-0.4, -0.2) is 43.5 Å². The van der Waals surface area contributed by atoms with Gasteiger partial charge in [-0.1, -0.05) is 29.9 Å². The Morgan fingerprint density at radius 2 is 2.32 bits per heavy atom. The SMILES string of the molecule is CCC1CN(S(=O)(=O)c2sc(Cl)nc2C)CCCO1. The van der Waals surface area contributed by atoms with E-state index >= 15 is 0 Å². The molecular formula is C11H17ClN2O3S2. The largest absolute Gasteiger partial charge is 0.377 e. The molecule has 5 nitrogen and oxygen atoms in total. The van der Waals surface area contributed by atoms with E-state index in [1.165, 1.54) is 4.31 Å². The summed E-state index contributed by atoms with van der Waals surface area (Å²) >= 11 is 6.81. The van der Waals surface area contributed by atoms with Crippen LogP contribution in [0.4, 0.5) is 0 Å². The fourth-order valence-electron chi connectivity index (χ4n) is 2.03. The maximum atomic E-state index is 12.6. The van der Waals surface area contributed by atoms with Gasteiger partial charge in [0.2, 0.25) is 0 Å². The number of aryl methyl sites for hydroxylation is 1. The molecule has 0 amide bonds. The van der Waals surface area contributed by atoms with Crippen LogP contribution in [0.15, 0.2) is 4.21 Å². The molecule has 1 saturated heterocycles. The fourth-order valence-corrected chi connectivity index (χ4v) is 5.42. The normalized spacial score (nSPS) is 22.4. The van der Waals surface area contributed by atoms with Crippen LogP contribution in [0.5, 0.6) is 0 Å². The second-order valence-electron chi connectivity index (χ2n) is 4.46. The van der Waals surface area contributed by atoms with Gasteiger partial charge in [-0.3, -0.25) is 0 Å². The third-order valence-electron chi connectivity index (χ3n) is 3.07. The number of sulfonamides is 1. The molecule has 0 spiro atoms. The van der Waals surface area contributed by atoms with E-state index in [1.54, 1.807) is 6.92 Å². The molecule has 1 aromatic heterocycles. The third-order valence-corrected chi connectivity index (χ3v) is 6.78. The van der Waals surface area contributed by atoms with Crippen molar-refractivity contribution >= 4 is 33.0 Å². The Morgan fingerprint density at radius 1 is 1.58 bits per heavy atom. The zero-order valence-electron chi connectivity index (χ0n) is 10.9. The van der Waals surface area contributed by atoms with Gasteiger partial charge in [-0.2, -0.15) is 4.31 Å². The van der Waals surface area contributed by atoms with Gasteiger partial charge in [0, 0.05) is 19.7 Å². The van der Waals surface area contributed by atoms with Gasteiger partial charge in [0.05, 0.1) is 11.8 Å². The minimum Gasteiger partial charge on any atom is -0.377 e. The molecule has 2 rings (SSSR count). The minimum atomic E-state index is -3.51. The van der Waals surface area contributed by atoms with E-state index in [0.717, 1.165) is 17.8 Å². The van der Waals surface area contributed by atoms with Crippen LogP contribution in [0.3, 0.4) is 0 Å². The number of nitrogens with zero attached hydrogens (tertiary/aromatic N) is 2. The molecule has 1 aliphatic rings. The monoisotopic (exact) mass is 324 g/mol. The minimum absolute atomic E-state index is 0.0408. The topological polar surface area (TPSA) is 59.5 Å². The van der Waals surface area contributed by atoms with Gasteiger partial charge in [-0.15, -0.1) is 0 Å². The zero-order chi connectivity index (χ0) is 14.0. The van der Waals surface area contributed by atoms with E-state index in [1.807, 2.05) is 6.92 Å². The van der Waals surface area contributed by atoms with E-state index in [-0.39, 0.29) is 14.8 Å². The molecule has 0 N–H and O–H groups in total. The van der Waals surface area contributed by atoms with E-state index < -0.39 is 10.0 Å². The summed E-state index contributed by atoms with van der Waals surface area (Å²) in [5, 5.41) is 0. The predicted molar refractivity (Wildman–Crippen MR) is 75.3 cm³/mol. The van der Waals surface area contributed by atoms with E-state index in [4.69, 9.17) is 16.3 Å². The Morgan fingerprint density at radius 3 is 2.89 bits per heavy atom. The fraction of sp³-hybridized carbons (Fsp3) is 0.727. The summed E-state index contributed by atoms with van der Waals surface area (Å²) in [6.45, 7) is 5.14. The lowest BCUT2D eigenvalue weighted by atomic mass is 10.3. The van der Waals surface area contributed by atoms with Gasteiger partial charge in [-0.25, -0.2) is 13.4 Å². The third kappa shape index (κ3) is 3.28. The first kappa shape index (κ1) is 15.2. The number of hydrogen-bond acceptors (Lipinski definition) is 5. The molecule has 1 fully saturated rings. The van der Waals surface area contributed by atoms with Crippen molar-refractivity contribution in [3.05, 3.63) is 10.2 Å². The first-order valence-electron chi connectivity index (χ1n) is 6.19. The van der Waals surface area contributed by atoms with Gasteiger partial charge in [0.25, 0.3) is 10.0 Å².